The Morgan fingerprint density at radius 1 is 1.38 bits per heavy atom. The van der Waals surface area contributed by atoms with Crippen molar-refractivity contribution in [2.24, 2.45) is 5.92 Å². The van der Waals surface area contributed by atoms with Gasteiger partial charge in [0.2, 0.25) is 5.89 Å². The summed E-state index contributed by atoms with van der Waals surface area (Å²) in [5.41, 5.74) is 1.88. The van der Waals surface area contributed by atoms with Crippen LogP contribution in [0.15, 0.2) is 28.7 Å². The minimum Gasteiger partial charge on any atom is -0.439 e. The lowest BCUT2D eigenvalue weighted by atomic mass is 10.1. The van der Waals surface area contributed by atoms with Crippen LogP contribution >= 0.6 is 11.6 Å². The van der Waals surface area contributed by atoms with Crippen LogP contribution in [0.1, 0.15) is 18.0 Å². The first kappa shape index (κ1) is 14.6. The van der Waals surface area contributed by atoms with Gasteiger partial charge in [-0.2, -0.15) is 0 Å². The van der Waals surface area contributed by atoms with Gasteiger partial charge in [0.05, 0.1) is 12.2 Å². The number of hydrogen-bond donors (Lipinski definition) is 1. The molecule has 1 atom stereocenters. The van der Waals surface area contributed by atoms with Crippen LogP contribution in [0.5, 0.6) is 0 Å². The SMILES string of the molecule is Cc1nc(CN2CCC(CO)C2)oc1-c1ccc(Cl)cc1. The summed E-state index contributed by atoms with van der Waals surface area (Å²) in [7, 11) is 0. The summed E-state index contributed by atoms with van der Waals surface area (Å²) in [4.78, 5) is 6.80. The van der Waals surface area contributed by atoms with Crippen molar-refractivity contribution in [1.29, 1.82) is 0 Å². The third-order valence-electron chi connectivity index (χ3n) is 3.93. The van der Waals surface area contributed by atoms with Crippen LogP contribution in [0.2, 0.25) is 5.02 Å². The van der Waals surface area contributed by atoms with Crippen molar-refractivity contribution in [3.8, 4) is 11.3 Å². The number of aryl methyl sites for hydroxylation is 1. The molecule has 0 amide bonds. The zero-order valence-electron chi connectivity index (χ0n) is 12.1. The summed E-state index contributed by atoms with van der Waals surface area (Å²) >= 11 is 5.91. The third kappa shape index (κ3) is 3.28. The Labute approximate surface area is 129 Å². The summed E-state index contributed by atoms with van der Waals surface area (Å²) in [5.74, 6) is 1.92. The highest BCUT2D eigenvalue weighted by atomic mass is 35.5. The predicted molar refractivity (Wildman–Crippen MR) is 82.2 cm³/mol. The van der Waals surface area contributed by atoms with E-state index in [1.54, 1.807) is 0 Å². The number of hydrogen-bond acceptors (Lipinski definition) is 4. The molecule has 0 spiro atoms. The minimum absolute atomic E-state index is 0.261. The average Bonchev–Trinajstić information content (AvgIpc) is 3.07. The summed E-state index contributed by atoms with van der Waals surface area (Å²) in [5, 5.41) is 9.90. The molecule has 3 rings (SSSR count). The van der Waals surface area contributed by atoms with E-state index < -0.39 is 0 Å². The maximum absolute atomic E-state index is 9.19. The molecule has 2 heterocycles. The van der Waals surface area contributed by atoms with Crippen molar-refractivity contribution < 1.29 is 9.52 Å². The second kappa shape index (κ2) is 6.18. The Kier molecular flexibility index (Phi) is 4.29. The number of rotatable bonds is 4. The van der Waals surface area contributed by atoms with Crippen molar-refractivity contribution in [3.63, 3.8) is 0 Å². The van der Waals surface area contributed by atoms with Gasteiger partial charge in [-0.3, -0.25) is 4.90 Å². The first-order valence-corrected chi connectivity index (χ1v) is 7.59. The predicted octanol–water partition coefficient (Wildman–Crippen LogP) is 3.12. The lowest BCUT2D eigenvalue weighted by Crippen LogP contribution is -2.21. The largest absolute Gasteiger partial charge is 0.439 e. The van der Waals surface area contributed by atoms with E-state index in [0.29, 0.717) is 17.5 Å². The van der Waals surface area contributed by atoms with Crippen molar-refractivity contribution in [2.45, 2.75) is 19.9 Å². The van der Waals surface area contributed by atoms with Crippen molar-refractivity contribution >= 4 is 11.6 Å². The quantitative estimate of drug-likeness (QED) is 0.943. The summed E-state index contributed by atoms with van der Waals surface area (Å²) in [6, 6.07) is 7.59. The van der Waals surface area contributed by atoms with Gasteiger partial charge in [0, 0.05) is 23.7 Å². The van der Waals surface area contributed by atoms with Crippen LogP contribution < -0.4 is 0 Å². The molecule has 1 saturated heterocycles. The number of benzene rings is 1. The zero-order chi connectivity index (χ0) is 14.8. The third-order valence-corrected chi connectivity index (χ3v) is 4.19. The van der Waals surface area contributed by atoms with E-state index in [4.69, 9.17) is 16.0 Å². The number of aliphatic hydroxyl groups is 1. The fraction of sp³-hybridized carbons (Fsp3) is 0.438. The van der Waals surface area contributed by atoms with Crippen LogP contribution in [0.3, 0.4) is 0 Å². The Hall–Kier alpha value is -1.36. The van der Waals surface area contributed by atoms with Crippen LogP contribution in [0, 0.1) is 12.8 Å². The molecule has 5 heteroatoms. The van der Waals surface area contributed by atoms with Gasteiger partial charge in [-0.15, -0.1) is 0 Å². The normalized spacial score (nSPS) is 19.3. The molecule has 4 nitrogen and oxygen atoms in total. The summed E-state index contributed by atoms with van der Waals surface area (Å²) in [6.45, 7) is 4.82. The smallest absolute Gasteiger partial charge is 0.209 e. The molecule has 112 valence electrons. The standard InChI is InChI=1S/C16H19ClN2O2/c1-11-16(13-2-4-14(17)5-3-13)21-15(18-11)9-19-7-6-12(8-19)10-20/h2-5,12,20H,6-10H2,1H3. The molecule has 21 heavy (non-hydrogen) atoms. The fourth-order valence-corrected chi connectivity index (χ4v) is 2.91. The molecule has 1 aliphatic heterocycles. The van der Waals surface area contributed by atoms with Gasteiger partial charge in [-0.05, 0) is 50.1 Å². The maximum Gasteiger partial charge on any atom is 0.209 e. The maximum atomic E-state index is 9.19. The number of aromatic nitrogens is 1. The van der Waals surface area contributed by atoms with E-state index in [0.717, 1.165) is 42.4 Å². The highest BCUT2D eigenvalue weighted by Crippen LogP contribution is 2.27. The molecule has 0 radical (unpaired) electrons. The van der Waals surface area contributed by atoms with Crippen molar-refractivity contribution in [2.75, 3.05) is 19.7 Å². The molecule has 1 aromatic heterocycles. The van der Waals surface area contributed by atoms with Crippen LogP contribution in [-0.2, 0) is 6.54 Å². The number of oxazole rings is 1. The van der Waals surface area contributed by atoms with Gasteiger partial charge in [0.25, 0.3) is 0 Å². The molecule has 1 unspecified atom stereocenters. The van der Waals surface area contributed by atoms with Gasteiger partial charge in [0.1, 0.15) is 0 Å². The first-order chi connectivity index (χ1) is 10.2. The Balaban J connectivity index is 1.74. The molecule has 1 aromatic carbocycles. The first-order valence-electron chi connectivity index (χ1n) is 7.21. The number of nitrogens with zero attached hydrogens (tertiary/aromatic N) is 2. The lowest BCUT2D eigenvalue weighted by molar-refractivity contribution is 0.215. The average molecular weight is 307 g/mol. The molecule has 0 bridgehead atoms. The molecule has 1 fully saturated rings. The van der Waals surface area contributed by atoms with Gasteiger partial charge in [-0.25, -0.2) is 4.98 Å². The molecule has 1 N–H and O–H groups in total. The van der Waals surface area contributed by atoms with E-state index in [2.05, 4.69) is 9.88 Å². The van der Waals surface area contributed by atoms with Crippen LogP contribution in [0.25, 0.3) is 11.3 Å². The lowest BCUT2D eigenvalue weighted by Gasteiger charge is -2.12. The van der Waals surface area contributed by atoms with Gasteiger partial charge in [0.15, 0.2) is 5.76 Å². The van der Waals surface area contributed by atoms with E-state index in [9.17, 15) is 5.11 Å². The van der Waals surface area contributed by atoms with E-state index in [1.165, 1.54) is 0 Å². The summed E-state index contributed by atoms with van der Waals surface area (Å²) < 4.78 is 5.91. The molecule has 0 saturated carbocycles. The minimum atomic E-state index is 0.261. The number of likely N-dealkylation sites (tertiary alicyclic amines) is 1. The molecule has 1 aliphatic rings. The van der Waals surface area contributed by atoms with E-state index in [-0.39, 0.29) is 6.61 Å². The Bertz CT molecular complexity index is 609. The van der Waals surface area contributed by atoms with E-state index in [1.807, 2.05) is 31.2 Å². The monoisotopic (exact) mass is 306 g/mol. The van der Waals surface area contributed by atoms with Crippen molar-refractivity contribution in [1.82, 2.24) is 9.88 Å². The second-order valence-corrected chi connectivity index (χ2v) is 6.04. The zero-order valence-corrected chi connectivity index (χ0v) is 12.8. The molecular weight excluding hydrogens is 288 g/mol. The van der Waals surface area contributed by atoms with Gasteiger partial charge >= 0.3 is 0 Å². The second-order valence-electron chi connectivity index (χ2n) is 5.60. The van der Waals surface area contributed by atoms with Crippen molar-refractivity contribution in [3.05, 3.63) is 40.9 Å². The number of halogens is 1. The van der Waals surface area contributed by atoms with E-state index >= 15 is 0 Å². The highest BCUT2D eigenvalue weighted by Gasteiger charge is 2.23. The molecule has 2 aromatic rings. The Morgan fingerprint density at radius 3 is 2.81 bits per heavy atom. The molecule has 0 aliphatic carbocycles. The van der Waals surface area contributed by atoms with Gasteiger partial charge in [-0.1, -0.05) is 11.6 Å². The van der Waals surface area contributed by atoms with Crippen LogP contribution in [0.4, 0.5) is 0 Å². The number of aliphatic hydroxyl groups excluding tert-OH is 1. The van der Waals surface area contributed by atoms with Crippen LogP contribution in [-0.4, -0.2) is 34.7 Å². The Morgan fingerprint density at radius 2 is 2.14 bits per heavy atom. The fourth-order valence-electron chi connectivity index (χ4n) is 2.79. The van der Waals surface area contributed by atoms with Gasteiger partial charge < -0.3 is 9.52 Å². The summed E-state index contributed by atoms with van der Waals surface area (Å²) in [6.07, 6.45) is 1.04. The molecular formula is C16H19ClN2O2. The topological polar surface area (TPSA) is 49.5 Å². The highest BCUT2D eigenvalue weighted by molar-refractivity contribution is 6.30.